The molecule has 2 aliphatic rings. The topological polar surface area (TPSA) is 35.4 Å². The second-order valence-corrected chi connectivity index (χ2v) is 3.63. The summed E-state index contributed by atoms with van der Waals surface area (Å²) in [6.07, 6.45) is 6.73. The van der Waals surface area contributed by atoms with Crippen LogP contribution in [0.4, 0.5) is 0 Å². The molecule has 0 spiro atoms. The molecule has 0 saturated heterocycles. The summed E-state index contributed by atoms with van der Waals surface area (Å²) in [6, 6.07) is 0. The van der Waals surface area contributed by atoms with E-state index in [4.69, 9.17) is 0 Å². The first kappa shape index (κ1) is 12.0. The molecule has 0 saturated carbocycles. The van der Waals surface area contributed by atoms with Gasteiger partial charge in [-0.1, -0.05) is 12.2 Å². The lowest BCUT2D eigenvalue weighted by Crippen LogP contribution is -2.07. The van der Waals surface area contributed by atoms with Gasteiger partial charge in [0.2, 0.25) is 5.88 Å². The average Bonchev–Trinajstić information content (AvgIpc) is 2.34. The van der Waals surface area contributed by atoms with E-state index in [1.165, 1.54) is 0 Å². The number of fused-ring (bicyclic) bond motifs is 1. The molecule has 1 heterocycles. The van der Waals surface area contributed by atoms with Gasteiger partial charge in [0.25, 0.3) is 0 Å². The molecule has 0 fully saturated rings. The molecule has 5 heteroatoms. The minimum absolute atomic E-state index is 0. The lowest BCUT2D eigenvalue weighted by Gasteiger charge is -2.05. The quantitative estimate of drug-likeness (QED) is 0.580. The summed E-state index contributed by atoms with van der Waals surface area (Å²) >= 11 is -0.833. The summed E-state index contributed by atoms with van der Waals surface area (Å²) in [5, 5.41) is 0. The fourth-order valence-electron chi connectivity index (χ4n) is 1.09. The lowest BCUT2D eigenvalue weighted by atomic mass is 10.1. The van der Waals surface area contributed by atoms with E-state index in [1.807, 2.05) is 18.2 Å². The van der Waals surface area contributed by atoms with Crippen molar-refractivity contribution in [1.82, 2.24) is 0 Å². The van der Waals surface area contributed by atoms with E-state index in [1.54, 1.807) is 0 Å². The summed E-state index contributed by atoms with van der Waals surface area (Å²) < 4.78 is 11.1. The molecule has 0 bridgehead atoms. The third kappa shape index (κ3) is 2.04. The number of hydrogen-bond acceptors (Lipinski definition) is 2. The maximum absolute atomic E-state index is 11.1. The van der Waals surface area contributed by atoms with Gasteiger partial charge < -0.3 is 4.55 Å². The Balaban J connectivity index is 0.000000605. The highest BCUT2D eigenvalue weighted by Gasteiger charge is 2.26. The van der Waals surface area contributed by atoms with Crippen LogP contribution in [0.1, 0.15) is 6.42 Å². The van der Waals surface area contributed by atoms with Gasteiger partial charge in [-0.15, -0.1) is 24.8 Å². The highest BCUT2D eigenvalue weighted by molar-refractivity contribution is 7.96. The van der Waals surface area contributed by atoms with Crippen LogP contribution in [0.2, 0.25) is 0 Å². The number of aliphatic imine (C=N–C) groups is 1. The van der Waals surface area contributed by atoms with Crippen molar-refractivity contribution >= 4 is 41.7 Å². The van der Waals surface area contributed by atoms with Gasteiger partial charge in [0.05, 0.1) is 5.71 Å². The molecule has 0 amide bonds. The molecule has 0 radical (unpaired) electrons. The molecule has 2 rings (SSSR count). The SMILES string of the molecule is Cl.Cl.[O-][S+]1CN=C2CC=CC=C21. The highest BCUT2D eigenvalue weighted by Crippen LogP contribution is 2.22. The molecular formula is C7H9Cl2NOS. The zero-order valence-electron chi connectivity index (χ0n) is 6.23. The van der Waals surface area contributed by atoms with Gasteiger partial charge in [-0.2, -0.15) is 0 Å². The average molecular weight is 226 g/mol. The summed E-state index contributed by atoms with van der Waals surface area (Å²) in [5.74, 6) is 0.475. The summed E-state index contributed by atoms with van der Waals surface area (Å²) in [7, 11) is 0. The maximum Gasteiger partial charge on any atom is 0.201 e. The molecule has 0 aromatic carbocycles. The van der Waals surface area contributed by atoms with Gasteiger partial charge in [-0.05, 0) is 6.08 Å². The van der Waals surface area contributed by atoms with Crippen LogP contribution < -0.4 is 0 Å². The Bertz CT molecular complexity index is 250. The minimum Gasteiger partial charge on any atom is -0.610 e. The first-order valence-corrected chi connectivity index (χ1v) is 4.49. The van der Waals surface area contributed by atoms with E-state index in [-0.39, 0.29) is 24.8 Å². The molecule has 0 aromatic rings. The molecule has 2 nitrogen and oxygen atoms in total. The first-order chi connectivity index (χ1) is 4.88. The van der Waals surface area contributed by atoms with E-state index in [9.17, 15) is 4.55 Å². The molecular weight excluding hydrogens is 217 g/mol. The van der Waals surface area contributed by atoms with Crippen molar-refractivity contribution in [2.45, 2.75) is 6.42 Å². The van der Waals surface area contributed by atoms with Crippen LogP contribution in [-0.2, 0) is 11.2 Å². The largest absolute Gasteiger partial charge is 0.610 e. The first-order valence-electron chi connectivity index (χ1n) is 3.17. The molecule has 12 heavy (non-hydrogen) atoms. The Morgan fingerprint density at radius 2 is 2.17 bits per heavy atom. The predicted molar refractivity (Wildman–Crippen MR) is 56.8 cm³/mol. The van der Waals surface area contributed by atoms with Crippen LogP contribution in [0.25, 0.3) is 0 Å². The van der Waals surface area contributed by atoms with Gasteiger partial charge in [0.15, 0.2) is 4.91 Å². The van der Waals surface area contributed by atoms with E-state index in [2.05, 4.69) is 4.99 Å². The molecule has 1 aliphatic carbocycles. The zero-order valence-corrected chi connectivity index (χ0v) is 8.68. The minimum atomic E-state index is -0.833. The normalized spacial score (nSPS) is 24.6. The summed E-state index contributed by atoms with van der Waals surface area (Å²) in [5.41, 5.74) is 1.01. The lowest BCUT2D eigenvalue weighted by molar-refractivity contribution is 0.604. The molecule has 1 atom stereocenters. The van der Waals surface area contributed by atoms with Crippen LogP contribution in [0, 0.1) is 0 Å². The van der Waals surface area contributed by atoms with Crippen molar-refractivity contribution in [2.75, 3.05) is 5.88 Å². The van der Waals surface area contributed by atoms with Gasteiger partial charge in [0, 0.05) is 17.6 Å². The monoisotopic (exact) mass is 225 g/mol. The van der Waals surface area contributed by atoms with Crippen molar-refractivity contribution in [3.05, 3.63) is 23.1 Å². The van der Waals surface area contributed by atoms with Gasteiger partial charge >= 0.3 is 0 Å². The predicted octanol–water partition coefficient (Wildman–Crippen LogP) is 1.83. The fourth-order valence-corrected chi connectivity index (χ4v) is 2.14. The van der Waals surface area contributed by atoms with Crippen LogP contribution in [0.3, 0.4) is 0 Å². The van der Waals surface area contributed by atoms with Crippen molar-refractivity contribution in [1.29, 1.82) is 0 Å². The Morgan fingerprint density at radius 1 is 1.42 bits per heavy atom. The Hall–Kier alpha value is 0.0400. The maximum atomic E-state index is 11.1. The third-order valence-corrected chi connectivity index (χ3v) is 2.82. The van der Waals surface area contributed by atoms with Crippen LogP contribution in [-0.4, -0.2) is 16.1 Å². The number of nitrogens with zero attached hydrogens (tertiary/aromatic N) is 1. The van der Waals surface area contributed by atoms with Gasteiger partial charge in [-0.3, -0.25) is 0 Å². The van der Waals surface area contributed by atoms with E-state index < -0.39 is 11.2 Å². The molecule has 0 aromatic heterocycles. The van der Waals surface area contributed by atoms with E-state index in [0.29, 0.717) is 5.88 Å². The fraction of sp³-hybridized carbons (Fsp3) is 0.286. The van der Waals surface area contributed by atoms with Crippen molar-refractivity contribution < 1.29 is 4.55 Å². The summed E-state index contributed by atoms with van der Waals surface area (Å²) in [4.78, 5) is 5.07. The second-order valence-electron chi connectivity index (χ2n) is 2.24. The Labute approximate surface area is 86.8 Å². The third-order valence-electron chi connectivity index (χ3n) is 1.60. The summed E-state index contributed by atoms with van der Waals surface area (Å²) in [6.45, 7) is 0. The van der Waals surface area contributed by atoms with Gasteiger partial charge in [-0.25, -0.2) is 4.99 Å². The number of halogens is 2. The Morgan fingerprint density at radius 3 is 2.83 bits per heavy atom. The second kappa shape index (κ2) is 4.92. The molecule has 1 unspecified atom stereocenters. The van der Waals surface area contributed by atoms with Crippen LogP contribution in [0.5, 0.6) is 0 Å². The van der Waals surface area contributed by atoms with Crippen LogP contribution >= 0.6 is 24.8 Å². The smallest absolute Gasteiger partial charge is 0.201 e. The molecule has 0 N–H and O–H groups in total. The zero-order chi connectivity index (χ0) is 6.97. The number of allylic oxidation sites excluding steroid dienone is 4. The van der Waals surface area contributed by atoms with Crippen LogP contribution in [0.15, 0.2) is 28.1 Å². The van der Waals surface area contributed by atoms with Crippen molar-refractivity contribution in [2.24, 2.45) is 4.99 Å². The van der Waals surface area contributed by atoms with Gasteiger partial charge in [0.1, 0.15) is 0 Å². The van der Waals surface area contributed by atoms with E-state index >= 15 is 0 Å². The molecule has 68 valence electrons. The standard InChI is InChI=1S/C7H7NOS.2ClH/c9-10-5-8-6-3-1-2-4-7(6)10;;/h1-2,4H,3,5H2;2*1H. The number of hydrogen-bond donors (Lipinski definition) is 0. The van der Waals surface area contributed by atoms with Crippen molar-refractivity contribution in [3.8, 4) is 0 Å². The van der Waals surface area contributed by atoms with E-state index in [0.717, 1.165) is 17.0 Å². The highest BCUT2D eigenvalue weighted by atomic mass is 35.5. The Kier molecular flexibility index (Phi) is 4.94. The molecule has 1 aliphatic heterocycles. The van der Waals surface area contributed by atoms with Crippen molar-refractivity contribution in [3.63, 3.8) is 0 Å². The number of rotatable bonds is 0.